The summed E-state index contributed by atoms with van der Waals surface area (Å²) in [6, 6.07) is 15.1. The maximum Gasteiger partial charge on any atom is 0.200 e. The molecule has 0 atom stereocenters. The first-order chi connectivity index (χ1) is 12.1. The Hall–Kier alpha value is -3.11. The lowest BCUT2D eigenvalue weighted by molar-refractivity contribution is 0.652. The smallest absolute Gasteiger partial charge is 0.200 e. The van der Waals surface area contributed by atoms with Gasteiger partial charge in [0.1, 0.15) is 16.7 Å². The second kappa shape index (κ2) is 4.94. The SMILES string of the molecule is O=c1c2ccccc2oc2cc3c(=O)c4cccc(Cl)c4oc3cc12. The van der Waals surface area contributed by atoms with Gasteiger partial charge < -0.3 is 8.83 Å². The van der Waals surface area contributed by atoms with Crippen LogP contribution in [0.15, 0.2) is 73.0 Å². The van der Waals surface area contributed by atoms with Crippen molar-refractivity contribution in [2.24, 2.45) is 0 Å². The van der Waals surface area contributed by atoms with Gasteiger partial charge in [-0.15, -0.1) is 0 Å². The highest BCUT2D eigenvalue weighted by atomic mass is 35.5. The molecule has 0 aliphatic heterocycles. The summed E-state index contributed by atoms with van der Waals surface area (Å²) < 4.78 is 11.6. The predicted molar refractivity (Wildman–Crippen MR) is 98.5 cm³/mol. The van der Waals surface area contributed by atoms with Crippen LogP contribution in [0.25, 0.3) is 43.9 Å². The Balaban J connectivity index is 2.05. The fourth-order valence-electron chi connectivity index (χ4n) is 3.14. The molecule has 0 fully saturated rings. The minimum Gasteiger partial charge on any atom is -0.456 e. The van der Waals surface area contributed by atoms with E-state index in [1.54, 1.807) is 54.6 Å². The van der Waals surface area contributed by atoms with Crippen molar-refractivity contribution in [3.05, 3.63) is 80.1 Å². The van der Waals surface area contributed by atoms with Crippen LogP contribution in [-0.2, 0) is 0 Å². The van der Waals surface area contributed by atoms with Crippen molar-refractivity contribution in [3.8, 4) is 0 Å². The standard InChI is InChI=1S/C20H9ClO4/c21-14-6-3-5-11-19(23)13-8-16-12(9-17(13)25-20(11)14)18(22)10-4-1-2-7-15(10)24-16/h1-9H. The van der Waals surface area contributed by atoms with Gasteiger partial charge in [0.05, 0.1) is 26.6 Å². The molecule has 3 aromatic carbocycles. The Bertz CT molecular complexity index is 1440. The highest BCUT2D eigenvalue weighted by molar-refractivity contribution is 6.34. The minimum absolute atomic E-state index is 0.166. The van der Waals surface area contributed by atoms with Crippen LogP contribution in [0, 0.1) is 0 Å². The van der Waals surface area contributed by atoms with Gasteiger partial charge in [0.2, 0.25) is 10.9 Å². The largest absolute Gasteiger partial charge is 0.456 e. The highest BCUT2D eigenvalue weighted by Crippen LogP contribution is 2.28. The zero-order valence-electron chi connectivity index (χ0n) is 12.7. The van der Waals surface area contributed by atoms with E-state index >= 15 is 0 Å². The van der Waals surface area contributed by atoms with Crippen LogP contribution >= 0.6 is 11.6 Å². The summed E-state index contributed by atoms with van der Waals surface area (Å²) in [7, 11) is 0. The van der Waals surface area contributed by atoms with Gasteiger partial charge in [-0.3, -0.25) is 9.59 Å². The molecule has 0 aliphatic carbocycles. The number of halogens is 1. The molecule has 0 spiro atoms. The van der Waals surface area contributed by atoms with E-state index in [9.17, 15) is 9.59 Å². The first-order valence-corrected chi connectivity index (χ1v) is 8.02. The van der Waals surface area contributed by atoms with Gasteiger partial charge in [-0.05, 0) is 36.4 Å². The Labute approximate surface area is 144 Å². The quantitative estimate of drug-likeness (QED) is 0.375. The topological polar surface area (TPSA) is 60.4 Å². The summed E-state index contributed by atoms with van der Waals surface area (Å²) >= 11 is 6.14. The zero-order chi connectivity index (χ0) is 17.1. The Kier molecular flexibility index (Phi) is 2.82. The molecule has 2 aromatic heterocycles. The zero-order valence-corrected chi connectivity index (χ0v) is 13.5. The Morgan fingerprint density at radius 2 is 1.28 bits per heavy atom. The van der Waals surface area contributed by atoms with Gasteiger partial charge in [-0.2, -0.15) is 0 Å². The van der Waals surface area contributed by atoms with Crippen molar-refractivity contribution in [2.75, 3.05) is 0 Å². The number of benzene rings is 3. The molecule has 0 saturated heterocycles. The third-order valence-electron chi connectivity index (χ3n) is 4.35. The first kappa shape index (κ1) is 14.3. The van der Waals surface area contributed by atoms with Crippen molar-refractivity contribution in [1.82, 2.24) is 0 Å². The van der Waals surface area contributed by atoms with E-state index in [4.69, 9.17) is 20.4 Å². The molecule has 0 N–H and O–H groups in total. The molecule has 2 heterocycles. The first-order valence-electron chi connectivity index (χ1n) is 7.64. The van der Waals surface area contributed by atoms with Crippen LogP contribution in [0.3, 0.4) is 0 Å². The van der Waals surface area contributed by atoms with Crippen molar-refractivity contribution < 1.29 is 8.83 Å². The van der Waals surface area contributed by atoms with Gasteiger partial charge in [0.15, 0.2) is 5.58 Å². The van der Waals surface area contributed by atoms with Gasteiger partial charge in [-0.1, -0.05) is 29.8 Å². The van der Waals surface area contributed by atoms with E-state index in [0.29, 0.717) is 48.9 Å². The van der Waals surface area contributed by atoms with E-state index in [2.05, 4.69) is 0 Å². The van der Waals surface area contributed by atoms with Crippen molar-refractivity contribution >= 4 is 55.5 Å². The molecule has 25 heavy (non-hydrogen) atoms. The molecule has 0 saturated carbocycles. The molecule has 5 aromatic rings. The maximum atomic E-state index is 12.8. The summed E-state index contributed by atoms with van der Waals surface area (Å²) in [5.74, 6) is 0. The Morgan fingerprint density at radius 1 is 0.640 bits per heavy atom. The molecule has 0 unspecified atom stereocenters. The molecular formula is C20H9ClO4. The second-order valence-electron chi connectivity index (χ2n) is 5.82. The summed E-state index contributed by atoms with van der Waals surface area (Å²) in [5, 5.41) is 1.93. The summed E-state index contributed by atoms with van der Waals surface area (Å²) in [6.45, 7) is 0. The number of rotatable bonds is 0. The van der Waals surface area contributed by atoms with Crippen LogP contribution < -0.4 is 10.9 Å². The van der Waals surface area contributed by atoms with Gasteiger partial charge >= 0.3 is 0 Å². The molecule has 0 amide bonds. The van der Waals surface area contributed by atoms with Crippen molar-refractivity contribution in [2.45, 2.75) is 0 Å². The van der Waals surface area contributed by atoms with E-state index in [0.717, 1.165) is 0 Å². The average Bonchev–Trinajstić information content (AvgIpc) is 2.62. The second-order valence-corrected chi connectivity index (χ2v) is 6.23. The van der Waals surface area contributed by atoms with Crippen molar-refractivity contribution in [3.63, 3.8) is 0 Å². The lowest BCUT2D eigenvalue weighted by atomic mass is 10.1. The lowest BCUT2D eigenvalue weighted by Crippen LogP contribution is -2.05. The van der Waals surface area contributed by atoms with Crippen molar-refractivity contribution in [1.29, 1.82) is 0 Å². The monoisotopic (exact) mass is 348 g/mol. The fourth-order valence-corrected chi connectivity index (χ4v) is 3.35. The van der Waals surface area contributed by atoms with Crippen LogP contribution in [0.2, 0.25) is 5.02 Å². The van der Waals surface area contributed by atoms with Crippen LogP contribution in [0.1, 0.15) is 0 Å². The van der Waals surface area contributed by atoms with Gasteiger partial charge in [0.25, 0.3) is 0 Å². The summed E-state index contributed by atoms with van der Waals surface area (Å²) in [5.41, 5.74) is 1.07. The third-order valence-corrected chi connectivity index (χ3v) is 4.64. The van der Waals surface area contributed by atoms with E-state index in [-0.39, 0.29) is 10.9 Å². The number of hydrogen-bond donors (Lipinski definition) is 0. The predicted octanol–water partition coefficient (Wildman–Crippen LogP) is 4.86. The van der Waals surface area contributed by atoms with Crippen LogP contribution in [0.5, 0.6) is 0 Å². The summed E-state index contributed by atoms with van der Waals surface area (Å²) in [4.78, 5) is 25.5. The molecule has 0 bridgehead atoms. The molecule has 120 valence electrons. The molecule has 0 aliphatic rings. The normalized spacial score (nSPS) is 11.7. The molecule has 0 radical (unpaired) electrons. The fraction of sp³-hybridized carbons (Fsp3) is 0. The average molecular weight is 349 g/mol. The van der Waals surface area contributed by atoms with Gasteiger partial charge in [-0.25, -0.2) is 0 Å². The molecule has 4 nitrogen and oxygen atoms in total. The minimum atomic E-state index is -0.212. The number of hydrogen-bond acceptors (Lipinski definition) is 4. The van der Waals surface area contributed by atoms with Crippen LogP contribution in [-0.4, -0.2) is 0 Å². The van der Waals surface area contributed by atoms with E-state index < -0.39 is 0 Å². The Morgan fingerprint density at radius 3 is 2.08 bits per heavy atom. The lowest BCUT2D eigenvalue weighted by Gasteiger charge is -2.05. The molecule has 5 rings (SSSR count). The van der Waals surface area contributed by atoms with E-state index in [1.165, 1.54) is 0 Å². The number of fused-ring (bicyclic) bond motifs is 4. The third kappa shape index (κ3) is 1.95. The van der Waals surface area contributed by atoms with E-state index in [1.807, 2.05) is 0 Å². The molecular weight excluding hydrogens is 340 g/mol. The number of para-hydroxylation sites is 2. The maximum absolute atomic E-state index is 12.8. The highest BCUT2D eigenvalue weighted by Gasteiger charge is 2.14. The van der Waals surface area contributed by atoms with Crippen LogP contribution in [0.4, 0.5) is 0 Å². The molecule has 5 heteroatoms. The summed E-state index contributed by atoms with van der Waals surface area (Å²) in [6.07, 6.45) is 0. The van der Waals surface area contributed by atoms with Gasteiger partial charge in [0, 0.05) is 0 Å².